The van der Waals surface area contributed by atoms with Crippen LogP contribution in [0.4, 0.5) is 10.1 Å². The molecule has 0 spiro atoms. The molecule has 0 saturated carbocycles. The lowest BCUT2D eigenvalue weighted by Crippen LogP contribution is -2.36. The molecular formula is C24H25FN4O2S. The first-order valence-corrected chi connectivity index (χ1v) is 11.8. The smallest absolute Gasteiger partial charge is 0.247 e. The molecule has 0 radical (unpaired) electrons. The van der Waals surface area contributed by atoms with E-state index in [1.165, 1.54) is 42.5 Å². The highest BCUT2D eigenvalue weighted by Crippen LogP contribution is 2.43. The molecule has 32 heavy (non-hydrogen) atoms. The minimum Gasteiger partial charge on any atom is -0.447 e. The summed E-state index contributed by atoms with van der Waals surface area (Å²) < 4.78 is 21.0. The van der Waals surface area contributed by atoms with E-state index in [4.69, 9.17) is 4.74 Å². The van der Waals surface area contributed by atoms with Gasteiger partial charge in [0.25, 0.3) is 0 Å². The van der Waals surface area contributed by atoms with Crippen molar-refractivity contribution >= 4 is 23.4 Å². The molecule has 8 heteroatoms. The molecule has 4 rings (SSSR count). The summed E-state index contributed by atoms with van der Waals surface area (Å²) in [7, 11) is 0. The van der Waals surface area contributed by atoms with Crippen LogP contribution in [-0.4, -0.2) is 26.8 Å². The van der Waals surface area contributed by atoms with Gasteiger partial charge in [0, 0.05) is 23.8 Å². The van der Waals surface area contributed by atoms with E-state index in [0.717, 1.165) is 18.6 Å². The number of thioether (sulfide) groups is 1. The highest BCUT2D eigenvalue weighted by atomic mass is 32.2. The third-order valence-electron chi connectivity index (χ3n) is 5.25. The predicted molar refractivity (Wildman–Crippen MR) is 123 cm³/mol. The number of hydrogen-bond donors (Lipinski definition) is 0. The zero-order valence-electron chi connectivity index (χ0n) is 18.1. The van der Waals surface area contributed by atoms with Gasteiger partial charge in [-0.05, 0) is 18.6 Å². The van der Waals surface area contributed by atoms with Gasteiger partial charge in [0.15, 0.2) is 5.69 Å². The van der Waals surface area contributed by atoms with Crippen LogP contribution in [-0.2, 0) is 4.79 Å². The number of para-hydroxylation sites is 1. The molecule has 0 unspecified atom stereocenters. The molecule has 0 aliphatic carbocycles. The van der Waals surface area contributed by atoms with Gasteiger partial charge in [0.2, 0.25) is 23.2 Å². The Balaban J connectivity index is 1.76. The average molecular weight is 453 g/mol. The monoisotopic (exact) mass is 452 g/mol. The van der Waals surface area contributed by atoms with E-state index in [1.54, 1.807) is 24.3 Å². The minimum atomic E-state index is -1.02. The molecule has 0 fully saturated rings. The van der Waals surface area contributed by atoms with Crippen LogP contribution in [0.1, 0.15) is 51.3 Å². The fourth-order valence-electron chi connectivity index (χ4n) is 3.68. The standard InChI is InChI=1S/C24H25FN4O2S/c1-3-4-5-10-15-32-24-26-22-21(27-28-24)18-12-7-9-14-20(18)29(16(2)30)23(31-22)17-11-6-8-13-19(17)25/h6-9,11-14,23H,3-5,10,15H2,1-2H3/t23-/m0/s1. The summed E-state index contributed by atoms with van der Waals surface area (Å²) >= 11 is 1.52. The highest BCUT2D eigenvalue weighted by Gasteiger charge is 2.35. The lowest BCUT2D eigenvalue weighted by Gasteiger charge is -2.30. The topological polar surface area (TPSA) is 68.2 Å². The molecule has 1 atom stereocenters. The van der Waals surface area contributed by atoms with Gasteiger partial charge in [-0.15, -0.1) is 10.2 Å². The van der Waals surface area contributed by atoms with E-state index in [0.29, 0.717) is 22.1 Å². The molecule has 2 heterocycles. The zero-order valence-corrected chi connectivity index (χ0v) is 18.9. The third kappa shape index (κ3) is 4.60. The number of ether oxygens (including phenoxy) is 1. The largest absolute Gasteiger partial charge is 0.447 e. The molecule has 0 N–H and O–H groups in total. The molecule has 1 aliphatic rings. The maximum absolute atomic E-state index is 14.8. The van der Waals surface area contributed by atoms with Gasteiger partial charge in [-0.2, -0.15) is 4.98 Å². The van der Waals surface area contributed by atoms with Gasteiger partial charge in [0.1, 0.15) is 5.82 Å². The Morgan fingerprint density at radius 2 is 1.88 bits per heavy atom. The molecule has 1 aliphatic heterocycles. The van der Waals surface area contributed by atoms with Crippen molar-refractivity contribution in [2.24, 2.45) is 0 Å². The lowest BCUT2D eigenvalue weighted by molar-refractivity contribution is -0.118. The summed E-state index contributed by atoms with van der Waals surface area (Å²) in [6, 6.07) is 13.6. The van der Waals surface area contributed by atoms with Crippen LogP contribution < -0.4 is 9.64 Å². The number of anilines is 1. The van der Waals surface area contributed by atoms with Gasteiger partial charge in [-0.1, -0.05) is 74.3 Å². The van der Waals surface area contributed by atoms with Gasteiger partial charge >= 0.3 is 0 Å². The van der Waals surface area contributed by atoms with Gasteiger partial charge in [-0.25, -0.2) is 4.39 Å². The van der Waals surface area contributed by atoms with Crippen molar-refractivity contribution in [3.63, 3.8) is 0 Å². The lowest BCUT2D eigenvalue weighted by atomic mass is 10.1. The second kappa shape index (κ2) is 10.1. The van der Waals surface area contributed by atoms with E-state index >= 15 is 0 Å². The number of unbranched alkanes of at least 4 members (excludes halogenated alkanes) is 3. The Morgan fingerprint density at radius 1 is 1.09 bits per heavy atom. The summed E-state index contributed by atoms with van der Waals surface area (Å²) in [6.45, 7) is 3.61. The van der Waals surface area contributed by atoms with E-state index < -0.39 is 12.0 Å². The fraction of sp³-hybridized carbons (Fsp3) is 0.333. The minimum absolute atomic E-state index is 0.237. The number of amides is 1. The number of benzene rings is 2. The molecule has 6 nitrogen and oxygen atoms in total. The predicted octanol–water partition coefficient (Wildman–Crippen LogP) is 5.79. The van der Waals surface area contributed by atoms with Crippen LogP contribution in [0.5, 0.6) is 5.88 Å². The first kappa shape index (κ1) is 22.2. The third-order valence-corrected chi connectivity index (χ3v) is 6.18. The highest BCUT2D eigenvalue weighted by molar-refractivity contribution is 7.99. The fourth-order valence-corrected chi connectivity index (χ4v) is 4.46. The van der Waals surface area contributed by atoms with Crippen LogP contribution in [0.25, 0.3) is 11.3 Å². The Morgan fingerprint density at radius 3 is 2.66 bits per heavy atom. The summed E-state index contributed by atoms with van der Waals surface area (Å²) in [5, 5.41) is 9.17. The molecule has 166 valence electrons. The molecule has 0 saturated heterocycles. The Labute approximate surface area is 191 Å². The van der Waals surface area contributed by atoms with E-state index in [1.807, 2.05) is 18.2 Å². The SMILES string of the molecule is CCCCCCSc1nnc2c(n1)O[C@@H](c1ccccc1F)N(C(C)=O)c1ccccc1-2. The summed E-state index contributed by atoms with van der Waals surface area (Å²) in [6.07, 6.45) is 3.59. The molecular weight excluding hydrogens is 427 g/mol. The Bertz CT molecular complexity index is 1110. The number of nitrogens with zero attached hydrogens (tertiary/aromatic N) is 4. The van der Waals surface area contributed by atoms with Crippen molar-refractivity contribution in [3.05, 3.63) is 59.9 Å². The molecule has 3 aromatic rings. The molecule has 2 aromatic carbocycles. The van der Waals surface area contributed by atoms with E-state index in [2.05, 4.69) is 22.1 Å². The van der Waals surface area contributed by atoms with Crippen LogP contribution in [0.15, 0.2) is 53.7 Å². The second-order valence-electron chi connectivity index (χ2n) is 7.56. The van der Waals surface area contributed by atoms with Gasteiger partial charge < -0.3 is 4.74 Å². The zero-order chi connectivity index (χ0) is 22.5. The van der Waals surface area contributed by atoms with Crippen LogP contribution in [0.2, 0.25) is 0 Å². The molecule has 0 bridgehead atoms. The normalized spacial score (nSPS) is 14.8. The number of rotatable bonds is 7. The Hall–Kier alpha value is -3.00. The van der Waals surface area contributed by atoms with Crippen LogP contribution in [0, 0.1) is 5.82 Å². The second-order valence-corrected chi connectivity index (χ2v) is 8.62. The van der Waals surface area contributed by atoms with Crippen molar-refractivity contribution in [2.45, 2.75) is 50.9 Å². The van der Waals surface area contributed by atoms with Gasteiger partial charge in [-0.3, -0.25) is 9.69 Å². The summed E-state index contributed by atoms with van der Waals surface area (Å²) in [5.74, 6) is 0.377. The number of carbonyl (C=O) groups excluding carboxylic acids is 1. The summed E-state index contributed by atoms with van der Waals surface area (Å²) in [4.78, 5) is 18.8. The average Bonchev–Trinajstić information content (AvgIpc) is 2.93. The van der Waals surface area contributed by atoms with Crippen molar-refractivity contribution in [2.75, 3.05) is 10.7 Å². The maximum Gasteiger partial charge on any atom is 0.247 e. The number of fused-ring (bicyclic) bond motifs is 3. The van der Waals surface area contributed by atoms with E-state index in [9.17, 15) is 9.18 Å². The first-order chi connectivity index (χ1) is 15.6. The number of hydrogen-bond acceptors (Lipinski definition) is 6. The summed E-state index contributed by atoms with van der Waals surface area (Å²) in [5.41, 5.74) is 1.91. The van der Waals surface area contributed by atoms with Crippen LogP contribution >= 0.6 is 11.8 Å². The number of halogens is 1. The Kier molecular flexibility index (Phi) is 6.99. The van der Waals surface area contributed by atoms with Crippen LogP contribution in [0.3, 0.4) is 0 Å². The quantitative estimate of drug-likeness (QED) is 0.334. The number of aromatic nitrogens is 3. The van der Waals surface area contributed by atoms with Gasteiger partial charge in [0.05, 0.1) is 5.69 Å². The first-order valence-electron chi connectivity index (χ1n) is 10.8. The van der Waals surface area contributed by atoms with Crippen molar-refractivity contribution < 1.29 is 13.9 Å². The van der Waals surface area contributed by atoms with E-state index in [-0.39, 0.29) is 17.4 Å². The van der Waals surface area contributed by atoms with Crippen molar-refractivity contribution in [3.8, 4) is 17.1 Å². The molecule has 1 aromatic heterocycles. The maximum atomic E-state index is 14.8. The number of carbonyl (C=O) groups is 1. The molecule has 1 amide bonds. The van der Waals surface area contributed by atoms with Crippen molar-refractivity contribution in [1.29, 1.82) is 0 Å². The van der Waals surface area contributed by atoms with Crippen molar-refractivity contribution in [1.82, 2.24) is 15.2 Å².